The Morgan fingerprint density at radius 3 is 2.53 bits per heavy atom. The highest BCUT2D eigenvalue weighted by Crippen LogP contribution is 2.37. The van der Waals surface area contributed by atoms with Crippen LogP contribution in [0.25, 0.3) is 10.8 Å². The number of benzene rings is 1. The van der Waals surface area contributed by atoms with Crippen molar-refractivity contribution in [2.45, 2.75) is 26.4 Å². The Hall–Kier alpha value is -2.86. The first-order valence-corrected chi connectivity index (χ1v) is 11.8. The summed E-state index contributed by atoms with van der Waals surface area (Å²) in [4.78, 5) is 23.5. The molecule has 0 aliphatic carbocycles. The Labute approximate surface area is 176 Å². The molecule has 1 N–H and O–H groups in total. The quantitative estimate of drug-likeness (QED) is 0.654. The molecule has 1 aromatic carbocycles. The van der Waals surface area contributed by atoms with Gasteiger partial charge in [-0.2, -0.15) is 4.37 Å². The van der Waals surface area contributed by atoms with Crippen LogP contribution in [0.4, 0.5) is 10.2 Å². The molecule has 30 heavy (non-hydrogen) atoms. The number of nitrogens with one attached hydrogen (secondary N) is 1. The first-order valence-electron chi connectivity index (χ1n) is 9.09. The fourth-order valence-corrected chi connectivity index (χ4v) is 4.67. The van der Waals surface area contributed by atoms with Crippen LogP contribution < -0.4 is 4.72 Å². The minimum atomic E-state index is -3.60. The van der Waals surface area contributed by atoms with E-state index >= 15 is 0 Å². The van der Waals surface area contributed by atoms with E-state index < -0.39 is 21.9 Å². The number of amides is 1. The van der Waals surface area contributed by atoms with E-state index in [1.807, 2.05) is 4.57 Å². The average molecular weight is 451 g/mol. The smallest absolute Gasteiger partial charge is 0.254 e. The van der Waals surface area contributed by atoms with E-state index in [1.54, 1.807) is 18.7 Å². The maximum absolute atomic E-state index is 13.2. The highest BCUT2D eigenvalue weighted by atomic mass is 32.2. The number of sulfonamides is 1. The Kier molecular flexibility index (Phi) is 5.06. The van der Waals surface area contributed by atoms with Crippen LogP contribution in [-0.2, 0) is 16.6 Å². The molecule has 4 rings (SSSR count). The van der Waals surface area contributed by atoms with Crippen LogP contribution in [0.15, 0.2) is 24.3 Å². The molecule has 0 saturated carbocycles. The lowest BCUT2D eigenvalue weighted by Crippen LogP contribution is -2.41. The molecule has 1 aliphatic heterocycles. The van der Waals surface area contributed by atoms with Crippen molar-refractivity contribution < 1.29 is 17.6 Å². The third-order valence-corrected chi connectivity index (χ3v) is 6.15. The SMILES string of the molecule is Cc1nsc(-c2nc(NS(C)(=O)=O)c3n2CCN(C(=O)c2ccc(F)cc2)[C@@H]3C)n1. The minimum absolute atomic E-state index is 0.157. The summed E-state index contributed by atoms with van der Waals surface area (Å²) in [6.07, 6.45) is 1.04. The minimum Gasteiger partial charge on any atom is -0.328 e. The van der Waals surface area contributed by atoms with Gasteiger partial charge in [-0.3, -0.25) is 9.52 Å². The van der Waals surface area contributed by atoms with Gasteiger partial charge >= 0.3 is 0 Å². The third-order valence-electron chi connectivity index (χ3n) is 4.79. The molecule has 158 valence electrons. The predicted octanol–water partition coefficient (Wildman–Crippen LogP) is 2.44. The molecule has 3 heterocycles. The Bertz CT molecular complexity index is 1220. The molecule has 0 fully saturated rings. The summed E-state index contributed by atoms with van der Waals surface area (Å²) in [6, 6.07) is 4.86. The number of nitrogens with zero attached hydrogens (tertiary/aromatic N) is 5. The Morgan fingerprint density at radius 2 is 1.93 bits per heavy atom. The van der Waals surface area contributed by atoms with Gasteiger partial charge in [0.1, 0.15) is 11.6 Å². The van der Waals surface area contributed by atoms with Gasteiger partial charge in [-0.15, -0.1) is 0 Å². The van der Waals surface area contributed by atoms with E-state index in [1.165, 1.54) is 35.8 Å². The van der Waals surface area contributed by atoms with Crippen molar-refractivity contribution in [2.24, 2.45) is 0 Å². The molecule has 0 unspecified atom stereocenters. The normalized spacial score (nSPS) is 16.4. The van der Waals surface area contributed by atoms with Gasteiger partial charge in [0.25, 0.3) is 5.91 Å². The molecule has 12 heteroatoms. The number of imidazole rings is 1. The van der Waals surface area contributed by atoms with Crippen LogP contribution in [0.3, 0.4) is 0 Å². The maximum Gasteiger partial charge on any atom is 0.254 e. The molecule has 1 aliphatic rings. The van der Waals surface area contributed by atoms with Crippen molar-refractivity contribution in [3.8, 4) is 10.8 Å². The number of aromatic nitrogens is 4. The number of hydrogen-bond donors (Lipinski definition) is 1. The number of fused-ring (bicyclic) bond motifs is 1. The molecule has 0 saturated heterocycles. The predicted molar refractivity (Wildman–Crippen MR) is 110 cm³/mol. The molecular weight excluding hydrogens is 431 g/mol. The Morgan fingerprint density at radius 1 is 1.23 bits per heavy atom. The lowest BCUT2D eigenvalue weighted by molar-refractivity contribution is 0.0646. The van der Waals surface area contributed by atoms with Crippen LogP contribution in [0.5, 0.6) is 0 Å². The van der Waals surface area contributed by atoms with E-state index in [0.717, 1.165) is 6.26 Å². The first kappa shape index (κ1) is 20.4. The summed E-state index contributed by atoms with van der Waals surface area (Å²) in [5, 5.41) is 0.570. The van der Waals surface area contributed by atoms with E-state index in [9.17, 15) is 17.6 Å². The van der Waals surface area contributed by atoms with Crippen LogP contribution in [-0.4, -0.2) is 50.9 Å². The van der Waals surface area contributed by atoms with Crippen molar-refractivity contribution in [1.29, 1.82) is 0 Å². The largest absolute Gasteiger partial charge is 0.328 e. The van der Waals surface area contributed by atoms with Crippen molar-refractivity contribution >= 4 is 33.3 Å². The lowest BCUT2D eigenvalue weighted by atomic mass is 10.1. The van der Waals surface area contributed by atoms with Gasteiger partial charge in [-0.1, -0.05) is 0 Å². The van der Waals surface area contributed by atoms with Crippen LogP contribution in [0.1, 0.15) is 34.8 Å². The second-order valence-corrected chi connectivity index (χ2v) is 9.52. The molecular formula is C18H19FN6O3S2. The third kappa shape index (κ3) is 3.79. The number of hydrogen-bond acceptors (Lipinski definition) is 7. The molecule has 3 aromatic rings. The number of aryl methyl sites for hydroxylation is 1. The summed E-state index contributed by atoms with van der Waals surface area (Å²) in [5.41, 5.74) is 0.916. The molecule has 2 aromatic heterocycles. The van der Waals surface area contributed by atoms with Gasteiger partial charge in [0.05, 0.1) is 18.0 Å². The summed E-state index contributed by atoms with van der Waals surface area (Å²) in [6.45, 7) is 4.35. The van der Waals surface area contributed by atoms with Crippen molar-refractivity contribution in [1.82, 2.24) is 23.8 Å². The number of anilines is 1. The maximum atomic E-state index is 13.2. The number of halogens is 1. The van der Waals surface area contributed by atoms with Gasteiger partial charge in [-0.05, 0) is 49.6 Å². The highest BCUT2D eigenvalue weighted by molar-refractivity contribution is 7.92. The fraction of sp³-hybridized carbons (Fsp3) is 0.333. The second-order valence-electron chi connectivity index (χ2n) is 7.02. The van der Waals surface area contributed by atoms with E-state index in [-0.39, 0.29) is 11.7 Å². The Balaban J connectivity index is 1.77. The van der Waals surface area contributed by atoms with Gasteiger partial charge in [-0.25, -0.2) is 22.8 Å². The van der Waals surface area contributed by atoms with Gasteiger partial charge in [0, 0.05) is 18.7 Å². The number of carbonyl (C=O) groups excluding carboxylic acids is 1. The molecule has 1 amide bonds. The topological polar surface area (TPSA) is 110 Å². The van der Waals surface area contributed by atoms with Crippen molar-refractivity contribution in [3.05, 3.63) is 47.2 Å². The first-order chi connectivity index (χ1) is 14.1. The zero-order valence-corrected chi connectivity index (χ0v) is 18.1. The zero-order valence-electron chi connectivity index (χ0n) is 16.5. The van der Waals surface area contributed by atoms with Crippen LogP contribution in [0, 0.1) is 12.7 Å². The molecule has 0 bridgehead atoms. The summed E-state index contributed by atoms with van der Waals surface area (Å²) in [7, 11) is -3.60. The van der Waals surface area contributed by atoms with Crippen molar-refractivity contribution in [3.63, 3.8) is 0 Å². The average Bonchev–Trinajstić information content (AvgIpc) is 3.25. The molecule has 0 spiro atoms. The highest BCUT2D eigenvalue weighted by Gasteiger charge is 2.35. The van der Waals surface area contributed by atoms with Crippen molar-refractivity contribution in [2.75, 3.05) is 17.5 Å². The summed E-state index contributed by atoms with van der Waals surface area (Å²) >= 11 is 1.18. The summed E-state index contributed by atoms with van der Waals surface area (Å²) in [5.74, 6) is 0.565. The second kappa shape index (κ2) is 7.43. The van der Waals surface area contributed by atoms with E-state index in [2.05, 4.69) is 19.1 Å². The van der Waals surface area contributed by atoms with Crippen LogP contribution >= 0.6 is 11.5 Å². The zero-order chi connectivity index (χ0) is 21.6. The number of carbonyl (C=O) groups is 1. The van der Waals surface area contributed by atoms with Gasteiger partial charge in [0.15, 0.2) is 16.6 Å². The summed E-state index contributed by atoms with van der Waals surface area (Å²) < 4.78 is 45.5. The van der Waals surface area contributed by atoms with Gasteiger partial charge in [0.2, 0.25) is 10.0 Å². The van der Waals surface area contributed by atoms with E-state index in [4.69, 9.17) is 0 Å². The molecule has 1 atom stereocenters. The number of rotatable bonds is 4. The molecule has 9 nitrogen and oxygen atoms in total. The fourth-order valence-electron chi connectivity index (χ4n) is 3.50. The van der Waals surface area contributed by atoms with Gasteiger partial charge < -0.3 is 9.47 Å². The van der Waals surface area contributed by atoms with Crippen LogP contribution in [0.2, 0.25) is 0 Å². The monoisotopic (exact) mass is 450 g/mol. The van der Waals surface area contributed by atoms with E-state index in [0.29, 0.717) is 41.0 Å². The molecule has 0 radical (unpaired) electrons. The standard InChI is InChI=1S/C18H19FN6O3S2/c1-10-14-15(23-30(3,27)28)21-16(17-20-11(2)22-29-17)25(14)9-8-24(10)18(26)12-4-6-13(19)7-5-12/h4-7,10,23H,8-9H2,1-3H3/t10-/m1/s1. The lowest BCUT2D eigenvalue weighted by Gasteiger charge is -2.35.